The first kappa shape index (κ1) is 17.0. The number of nitrogens with one attached hydrogen (secondary N) is 1. The highest BCUT2D eigenvalue weighted by Crippen LogP contribution is 2.20. The number of likely N-dealkylation sites (tertiary alicyclic amines) is 1. The molecule has 0 aliphatic carbocycles. The largest absolute Gasteiger partial charge is 0.336 e. The molecule has 2 aromatic rings. The van der Waals surface area contributed by atoms with Gasteiger partial charge in [0.1, 0.15) is 5.69 Å². The minimum atomic E-state index is -3.27. The zero-order valence-electron chi connectivity index (χ0n) is 13.4. The maximum absolute atomic E-state index is 12.2. The molecule has 1 aromatic heterocycles. The van der Waals surface area contributed by atoms with Gasteiger partial charge in [-0.05, 0) is 24.3 Å². The van der Waals surface area contributed by atoms with Crippen LogP contribution in [0.25, 0.3) is 0 Å². The van der Waals surface area contributed by atoms with E-state index >= 15 is 0 Å². The quantitative estimate of drug-likeness (QED) is 0.855. The highest BCUT2D eigenvalue weighted by Gasteiger charge is 2.36. The van der Waals surface area contributed by atoms with Crippen LogP contribution < -0.4 is 5.32 Å². The highest BCUT2D eigenvalue weighted by molar-refractivity contribution is 7.90. The van der Waals surface area contributed by atoms with E-state index < -0.39 is 9.84 Å². The smallest absolute Gasteiger partial charge is 0.274 e. The van der Waals surface area contributed by atoms with E-state index in [2.05, 4.69) is 15.3 Å². The maximum Gasteiger partial charge on any atom is 0.274 e. The van der Waals surface area contributed by atoms with Crippen LogP contribution in [0.3, 0.4) is 0 Å². The second-order valence-corrected chi connectivity index (χ2v) is 7.80. The van der Waals surface area contributed by atoms with Gasteiger partial charge in [-0.15, -0.1) is 0 Å². The number of carbonyl (C=O) groups is 2. The van der Waals surface area contributed by atoms with Crippen molar-refractivity contribution in [2.45, 2.75) is 4.90 Å². The lowest BCUT2D eigenvalue weighted by Crippen LogP contribution is -2.54. The van der Waals surface area contributed by atoms with Crippen LogP contribution in [0.2, 0.25) is 0 Å². The van der Waals surface area contributed by atoms with Crippen LogP contribution in [0.1, 0.15) is 10.5 Å². The third kappa shape index (κ3) is 3.82. The van der Waals surface area contributed by atoms with Crippen molar-refractivity contribution in [3.8, 4) is 0 Å². The van der Waals surface area contributed by atoms with E-state index in [0.717, 1.165) is 6.26 Å². The van der Waals surface area contributed by atoms with Crippen molar-refractivity contribution in [3.05, 3.63) is 48.5 Å². The van der Waals surface area contributed by atoms with Gasteiger partial charge < -0.3 is 10.2 Å². The number of benzene rings is 1. The number of hydrogen-bond donors (Lipinski definition) is 1. The molecule has 1 aliphatic rings. The number of anilines is 1. The molecule has 0 saturated carbocycles. The van der Waals surface area contributed by atoms with Crippen LogP contribution in [0.4, 0.5) is 5.69 Å². The van der Waals surface area contributed by atoms with E-state index in [9.17, 15) is 18.0 Å². The molecule has 2 amide bonds. The van der Waals surface area contributed by atoms with Crippen LogP contribution in [0, 0.1) is 5.92 Å². The summed E-state index contributed by atoms with van der Waals surface area (Å²) in [5, 5.41) is 2.72. The van der Waals surface area contributed by atoms with E-state index in [0.29, 0.717) is 18.8 Å². The summed E-state index contributed by atoms with van der Waals surface area (Å²) in [6.45, 7) is 0.616. The number of sulfone groups is 1. The normalized spacial score (nSPS) is 14.7. The molecule has 25 heavy (non-hydrogen) atoms. The summed E-state index contributed by atoms with van der Waals surface area (Å²) in [6, 6.07) is 5.95. The molecule has 1 N–H and O–H groups in total. The number of aromatic nitrogens is 2. The molecule has 3 rings (SSSR count). The van der Waals surface area contributed by atoms with Crippen molar-refractivity contribution < 1.29 is 18.0 Å². The standard InChI is InChI=1S/C16H16N4O4S/c1-25(23,24)13-4-2-12(3-5-13)19-15(21)11-9-20(10-11)16(22)14-8-17-6-7-18-14/h2-8,11H,9-10H2,1H3,(H,19,21). The molecule has 130 valence electrons. The zero-order valence-corrected chi connectivity index (χ0v) is 14.2. The van der Waals surface area contributed by atoms with Gasteiger partial charge in [-0.25, -0.2) is 13.4 Å². The van der Waals surface area contributed by atoms with E-state index in [4.69, 9.17) is 0 Å². The van der Waals surface area contributed by atoms with Gasteiger partial charge in [0.2, 0.25) is 5.91 Å². The zero-order chi connectivity index (χ0) is 18.0. The van der Waals surface area contributed by atoms with Gasteiger partial charge in [0.05, 0.1) is 17.0 Å². The maximum atomic E-state index is 12.2. The lowest BCUT2D eigenvalue weighted by atomic mass is 9.98. The Hall–Kier alpha value is -2.81. The molecule has 1 saturated heterocycles. The number of nitrogens with zero attached hydrogens (tertiary/aromatic N) is 3. The summed E-state index contributed by atoms with van der Waals surface area (Å²) in [6.07, 6.45) is 5.44. The summed E-state index contributed by atoms with van der Waals surface area (Å²) in [5.41, 5.74) is 0.758. The van der Waals surface area contributed by atoms with E-state index in [1.165, 1.54) is 47.8 Å². The van der Waals surface area contributed by atoms with Crippen LogP contribution in [-0.4, -0.2) is 54.4 Å². The van der Waals surface area contributed by atoms with Crippen molar-refractivity contribution in [2.75, 3.05) is 24.7 Å². The predicted octanol–water partition coefficient (Wildman–Crippen LogP) is 0.591. The summed E-state index contributed by atoms with van der Waals surface area (Å²) in [4.78, 5) is 33.8. The average molecular weight is 360 g/mol. The molecule has 0 atom stereocenters. The van der Waals surface area contributed by atoms with E-state index in [1.54, 1.807) is 0 Å². The van der Waals surface area contributed by atoms with Gasteiger partial charge >= 0.3 is 0 Å². The SMILES string of the molecule is CS(=O)(=O)c1ccc(NC(=O)C2CN(C(=O)c3cnccn3)C2)cc1. The Morgan fingerprint density at radius 2 is 1.84 bits per heavy atom. The molecule has 8 nitrogen and oxygen atoms in total. The molecular formula is C16H16N4O4S. The second-order valence-electron chi connectivity index (χ2n) is 5.78. The van der Waals surface area contributed by atoms with Gasteiger partial charge in [-0.3, -0.25) is 14.6 Å². The number of hydrogen-bond acceptors (Lipinski definition) is 6. The molecule has 0 unspecified atom stereocenters. The first-order valence-corrected chi connectivity index (χ1v) is 9.40. The molecule has 0 radical (unpaired) electrons. The summed E-state index contributed by atoms with van der Waals surface area (Å²) in [5.74, 6) is -0.778. The second kappa shape index (κ2) is 6.60. The Morgan fingerprint density at radius 1 is 1.16 bits per heavy atom. The summed E-state index contributed by atoms with van der Waals surface area (Å²) >= 11 is 0. The molecule has 0 bridgehead atoms. The Morgan fingerprint density at radius 3 is 2.40 bits per heavy atom. The first-order chi connectivity index (χ1) is 11.8. The lowest BCUT2D eigenvalue weighted by molar-refractivity contribution is -0.123. The fraction of sp³-hybridized carbons (Fsp3) is 0.250. The van der Waals surface area contributed by atoms with Gasteiger partial charge in [0.25, 0.3) is 5.91 Å². The van der Waals surface area contributed by atoms with Crippen molar-refractivity contribution >= 4 is 27.3 Å². The van der Waals surface area contributed by atoms with Crippen molar-refractivity contribution in [3.63, 3.8) is 0 Å². The molecule has 1 aliphatic heterocycles. The molecule has 9 heteroatoms. The molecular weight excluding hydrogens is 344 g/mol. The first-order valence-electron chi connectivity index (χ1n) is 7.51. The van der Waals surface area contributed by atoms with Crippen LogP contribution in [0.15, 0.2) is 47.8 Å². The highest BCUT2D eigenvalue weighted by atomic mass is 32.2. The Labute approximate surface area is 144 Å². The molecule has 1 aromatic carbocycles. The summed E-state index contributed by atoms with van der Waals surface area (Å²) in [7, 11) is -3.27. The van der Waals surface area contributed by atoms with Crippen LogP contribution in [0.5, 0.6) is 0 Å². The molecule has 0 spiro atoms. The van der Waals surface area contributed by atoms with Crippen molar-refractivity contribution in [1.82, 2.24) is 14.9 Å². The molecule has 2 heterocycles. The van der Waals surface area contributed by atoms with Gasteiger partial charge in [0, 0.05) is 37.4 Å². The number of carbonyl (C=O) groups excluding carboxylic acids is 2. The Bertz CT molecular complexity index is 891. The Kier molecular flexibility index (Phi) is 4.49. The fourth-order valence-electron chi connectivity index (χ4n) is 2.41. The van der Waals surface area contributed by atoms with Crippen LogP contribution >= 0.6 is 0 Å². The monoisotopic (exact) mass is 360 g/mol. The van der Waals surface area contributed by atoms with E-state index in [-0.39, 0.29) is 28.3 Å². The third-order valence-electron chi connectivity index (χ3n) is 3.87. The number of rotatable bonds is 4. The fourth-order valence-corrected chi connectivity index (χ4v) is 3.04. The third-order valence-corrected chi connectivity index (χ3v) is 5.00. The Balaban J connectivity index is 1.55. The van der Waals surface area contributed by atoms with Gasteiger partial charge in [-0.1, -0.05) is 0 Å². The van der Waals surface area contributed by atoms with Gasteiger partial charge in [-0.2, -0.15) is 0 Å². The lowest BCUT2D eigenvalue weighted by Gasteiger charge is -2.37. The molecule has 1 fully saturated rings. The van der Waals surface area contributed by atoms with Crippen molar-refractivity contribution in [1.29, 1.82) is 0 Å². The summed E-state index contributed by atoms with van der Waals surface area (Å²) < 4.78 is 22.8. The number of amides is 2. The van der Waals surface area contributed by atoms with Crippen LogP contribution in [-0.2, 0) is 14.6 Å². The van der Waals surface area contributed by atoms with E-state index in [1.807, 2.05) is 0 Å². The average Bonchev–Trinajstić information content (AvgIpc) is 2.54. The minimum absolute atomic E-state index is 0.190. The predicted molar refractivity (Wildman–Crippen MR) is 89.6 cm³/mol. The minimum Gasteiger partial charge on any atom is -0.336 e. The topological polar surface area (TPSA) is 109 Å². The van der Waals surface area contributed by atoms with Crippen molar-refractivity contribution in [2.24, 2.45) is 5.92 Å². The van der Waals surface area contributed by atoms with Gasteiger partial charge in [0.15, 0.2) is 9.84 Å².